The predicted octanol–water partition coefficient (Wildman–Crippen LogP) is 0.630. The number of primary amides is 1. The number of carbonyl (C=O) groups excluding carboxylic acids is 1. The Morgan fingerprint density at radius 2 is 2.33 bits per heavy atom. The van der Waals surface area contributed by atoms with E-state index in [1.807, 2.05) is 0 Å². The van der Waals surface area contributed by atoms with Crippen LogP contribution >= 0.6 is 0 Å². The quantitative estimate of drug-likeness (QED) is 0.735. The van der Waals surface area contributed by atoms with Gasteiger partial charge >= 0.3 is 0 Å². The highest BCUT2D eigenvalue weighted by atomic mass is 16.1. The van der Waals surface area contributed by atoms with Crippen LogP contribution in [0.15, 0.2) is 0 Å². The number of likely N-dealkylation sites (tertiary alicyclic amines) is 1. The Balaban J connectivity index is 1.94. The first-order valence-corrected chi connectivity index (χ1v) is 5.57. The highest BCUT2D eigenvalue weighted by Gasteiger charge is 2.46. The molecule has 2 fully saturated rings. The summed E-state index contributed by atoms with van der Waals surface area (Å²) in [6, 6.07) is 2.16. The summed E-state index contributed by atoms with van der Waals surface area (Å²) in [6.45, 7) is 1.84. The molecule has 1 heterocycles. The Morgan fingerprint density at radius 3 is 2.87 bits per heavy atom. The molecule has 0 spiro atoms. The molecule has 1 atom stereocenters. The summed E-state index contributed by atoms with van der Waals surface area (Å²) in [7, 11) is 0. The van der Waals surface area contributed by atoms with Gasteiger partial charge in [-0.2, -0.15) is 5.26 Å². The molecule has 1 aliphatic heterocycles. The molecule has 0 aromatic rings. The van der Waals surface area contributed by atoms with Crippen LogP contribution in [0.2, 0.25) is 0 Å². The molecule has 4 heteroatoms. The van der Waals surface area contributed by atoms with E-state index in [1.165, 1.54) is 0 Å². The average Bonchev–Trinajstić information content (AvgIpc) is 2.77. The highest BCUT2D eigenvalue weighted by molar-refractivity contribution is 5.80. The number of hydrogen-bond donors (Lipinski definition) is 1. The fourth-order valence-electron chi connectivity index (χ4n) is 2.50. The summed E-state index contributed by atoms with van der Waals surface area (Å²) >= 11 is 0. The third-order valence-corrected chi connectivity index (χ3v) is 3.64. The summed E-state index contributed by atoms with van der Waals surface area (Å²) in [4.78, 5) is 13.4. The molecule has 0 aromatic heterocycles. The Labute approximate surface area is 90.0 Å². The number of carbonyl (C=O) groups is 1. The van der Waals surface area contributed by atoms with Gasteiger partial charge < -0.3 is 5.73 Å². The van der Waals surface area contributed by atoms with Crippen LogP contribution in [0.25, 0.3) is 0 Å². The van der Waals surface area contributed by atoms with E-state index >= 15 is 0 Å². The molecule has 2 rings (SSSR count). The van der Waals surface area contributed by atoms with Crippen molar-refractivity contribution < 1.29 is 4.79 Å². The van der Waals surface area contributed by atoms with E-state index in [0.717, 1.165) is 38.8 Å². The maximum atomic E-state index is 11.2. The van der Waals surface area contributed by atoms with Crippen molar-refractivity contribution in [1.82, 2.24) is 4.90 Å². The van der Waals surface area contributed by atoms with Crippen LogP contribution in [-0.4, -0.2) is 29.9 Å². The molecular formula is C11H17N3O. The number of nitrogens with zero attached hydrogens (tertiary/aromatic N) is 2. The maximum Gasteiger partial charge on any atom is 0.234 e. The van der Waals surface area contributed by atoms with Gasteiger partial charge in [-0.3, -0.25) is 9.69 Å². The maximum absolute atomic E-state index is 11.2. The van der Waals surface area contributed by atoms with Crippen molar-refractivity contribution in [1.29, 1.82) is 5.26 Å². The molecule has 1 unspecified atom stereocenters. The van der Waals surface area contributed by atoms with Crippen molar-refractivity contribution in [2.75, 3.05) is 13.1 Å². The van der Waals surface area contributed by atoms with E-state index in [4.69, 9.17) is 11.0 Å². The van der Waals surface area contributed by atoms with Gasteiger partial charge in [0.1, 0.15) is 0 Å². The Kier molecular flexibility index (Phi) is 2.66. The second-order valence-corrected chi connectivity index (χ2v) is 4.87. The van der Waals surface area contributed by atoms with E-state index < -0.39 is 0 Å². The standard InChI is InChI=1S/C11H17N3O/c12-6-5-11(3-4-11)8-14-7-1-2-9(14)10(13)15/h9H,1-5,7-8H2,(H2,13,15). The van der Waals surface area contributed by atoms with Gasteiger partial charge in [-0.1, -0.05) is 0 Å². The first-order chi connectivity index (χ1) is 7.17. The largest absolute Gasteiger partial charge is 0.368 e. The molecule has 0 radical (unpaired) electrons. The van der Waals surface area contributed by atoms with Crippen LogP contribution in [-0.2, 0) is 4.79 Å². The van der Waals surface area contributed by atoms with Gasteiger partial charge in [-0.05, 0) is 37.6 Å². The predicted molar refractivity (Wildman–Crippen MR) is 55.7 cm³/mol. The van der Waals surface area contributed by atoms with Crippen LogP contribution in [0.1, 0.15) is 32.1 Å². The van der Waals surface area contributed by atoms with Gasteiger partial charge in [0.15, 0.2) is 0 Å². The van der Waals surface area contributed by atoms with Gasteiger partial charge in [-0.15, -0.1) is 0 Å². The van der Waals surface area contributed by atoms with Crippen LogP contribution in [0.4, 0.5) is 0 Å². The van der Waals surface area contributed by atoms with Crippen LogP contribution < -0.4 is 5.73 Å². The first kappa shape index (κ1) is 10.4. The number of rotatable bonds is 4. The van der Waals surface area contributed by atoms with E-state index in [1.54, 1.807) is 0 Å². The molecule has 82 valence electrons. The molecule has 2 N–H and O–H groups in total. The molecule has 1 saturated carbocycles. The molecular weight excluding hydrogens is 190 g/mol. The minimum absolute atomic E-state index is 0.0823. The van der Waals surface area contributed by atoms with Crippen molar-refractivity contribution >= 4 is 5.91 Å². The summed E-state index contributed by atoms with van der Waals surface area (Å²) in [5.74, 6) is -0.208. The van der Waals surface area contributed by atoms with Crippen LogP contribution in [0.5, 0.6) is 0 Å². The third-order valence-electron chi connectivity index (χ3n) is 3.64. The van der Waals surface area contributed by atoms with Crippen molar-refractivity contribution in [3.8, 4) is 6.07 Å². The Morgan fingerprint density at radius 1 is 1.60 bits per heavy atom. The highest BCUT2D eigenvalue weighted by Crippen LogP contribution is 2.49. The van der Waals surface area contributed by atoms with Crippen molar-refractivity contribution in [3.63, 3.8) is 0 Å². The molecule has 1 saturated heterocycles. The Bertz CT molecular complexity index is 303. The molecule has 0 aromatic carbocycles. The van der Waals surface area contributed by atoms with Crippen LogP contribution in [0.3, 0.4) is 0 Å². The molecule has 0 bridgehead atoms. The average molecular weight is 207 g/mol. The lowest BCUT2D eigenvalue weighted by atomic mass is 10.0. The van der Waals surface area contributed by atoms with Gasteiger partial charge in [0.05, 0.1) is 12.1 Å². The zero-order valence-corrected chi connectivity index (χ0v) is 8.91. The van der Waals surface area contributed by atoms with Gasteiger partial charge in [0.25, 0.3) is 0 Å². The van der Waals surface area contributed by atoms with Crippen molar-refractivity contribution in [3.05, 3.63) is 0 Å². The first-order valence-electron chi connectivity index (χ1n) is 5.57. The fraction of sp³-hybridized carbons (Fsp3) is 0.818. The van der Waals surface area contributed by atoms with E-state index in [0.29, 0.717) is 6.42 Å². The lowest BCUT2D eigenvalue weighted by molar-refractivity contribution is -0.122. The van der Waals surface area contributed by atoms with Gasteiger partial charge in [0.2, 0.25) is 5.91 Å². The second-order valence-electron chi connectivity index (χ2n) is 4.87. The van der Waals surface area contributed by atoms with Gasteiger partial charge in [0, 0.05) is 13.0 Å². The molecule has 1 amide bonds. The smallest absolute Gasteiger partial charge is 0.234 e. The number of amides is 1. The second kappa shape index (κ2) is 3.82. The topological polar surface area (TPSA) is 70.1 Å². The zero-order chi connectivity index (χ0) is 10.9. The SMILES string of the molecule is N#CCC1(CN2CCCC2C(N)=O)CC1. The minimum atomic E-state index is -0.208. The monoisotopic (exact) mass is 207 g/mol. The van der Waals surface area contributed by atoms with Crippen molar-refractivity contribution in [2.24, 2.45) is 11.1 Å². The van der Waals surface area contributed by atoms with Crippen LogP contribution in [0, 0.1) is 16.7 Å². The molecule has 2 aliphatic rings. The lowest BCUT2D eigenvalue weighted by Crippen LogP contribution is -2.42. The Hall–Kier alpha value is -1.08. The fourth-order valence-corrected chi connectivity index (χ4v) is 2.50. The number of nitriles is 1. The summed E-state index contributed by atoms with van der Waals surface area (Å²) in [6.07, 6.45) is 4.81. The molecule has 4 nitrogen and oxygen atoms in total. The van der Waals surface area contributed by atoms with E-state index in [2.05, 4.69) is 11.0 Å². The third kappa shape index (κ3) is 2.13. The normalized spacial score (nSPS) is 28.6. The van der Waals surface area contributed by atoms with Gasteiger partial charge in [-0.25, -0.2) is 0 Å². The minimum Gasteiger partial charge on any atom is -0.368 e. The number of hydrogen-bond acceptors (Lipinski definition) is 3. The zero-order valence-electron chi connectivity index (χ0n) is 8.91. The molecule has 1 aliphatic carbocycles. The van der Waals surface area contributed by atoms with E-state index in [-0.39, 0.29) is 17.4 Å². The summed E-state index contributed by atoms with van der Waals surface area (Å²) in [5.41, 5.74) is 5.54. The number of nitrogens with two attached hydrogens (primary N) is 1. The molecule has 15 heavy (non-hydrogen) atoms. The van der Waals surface area contributed by atoms with E-state index in [9.17, 15) is 4.79 Å². The lowest BCUT2D eigenvalue weighted by Gasteiger charge is -2.25. The van der Waals surface area contributed by atoms with Crippen molar-refractivity contribution in [2.45, 2.75) is 38.1 Å². The summed E-state index contributed by atoms with van der Waals surface area (Å²) < 4.78 is 0. The summed E-state index contributed by atoms with van der Waals surface area (Å²) in [5, 5.41) is 8.73.